The second kappa shape index (κ2) is 13.4. The minimum atomic E-state index is 0. The van der Waals surface area contributed by atoms with Crippen LogP contribution in [0.4, 0.5) is 0 Å². The molecular formula is C20H32IN5O2. The highest BCUT2D eigenvalue weighted by Crippen LogP contribution is 2.22. The van der Waals surface area contributed by atoms with E-state index in [1.54, 1.807) is 7.05 Å². The molecule has 2 N–H and O–H groups in total. The van der Waals surface area contributed by atoms with Gasteiger partial charge in [0, 0.05) is 37.8 Å². The fourth-order valence-corrected chi connectivity index (χ4v) is 2.70. The number of guanidine groups is 1. The van der Waals surface area contributed by atoms with E-state index in [1.165, 1.54) is 0 Å². The van der Waals surface area contributed by atoms with E-state index in [0.29, 0.717) is 37.5 Å². The average molecular weight is 501 g/mol. The summed E-state index contributed by atoms with van der Waals surface area (Å²) in [6, 6.07) is 5.91. The number of ether oxygens (including phenoxy) is 1. The minimum Gasteiger partial charge on any atom is -0.478 e. The first kappa shape index (κ1) is 24.2. The van der Waals surface area contributed by atoms with E-state index in [1.807, 2.05) is 24.4 Å². The number of hydrogen-bond donors (Lipinski definition) is 2. The van der Waals surface area contributed by atoms with Gasteiger partial charge in [0.1, 0.15) is 0 Å². The van der Waals surface area contributed by atoms with E-state index in [4.69, 9.17) is 9.26 Å². The van der Waals surface area contributed by atoms with Gasteiger partial charge in [-0.05, 0) is 24.8 Å². The molecule has 0 radical (unpaired) electrons. The summed E-state index contributed by atoms with van der Waals surface area (Å²) in [4.78, 5) is 8.54. The summed E-state index contributed by atoms with van der Waals surface area (Å²) in [6.45, 7) is 8.25. The first-order valence-corrected chi connectivity index (χ1v) is 9.67. The Balaban J connectivity index is 0.00000392. The molecular weight excluding hydrogens is 469 g/mol. The van der Waals surface area contributed by atoms with Crippen LogP contribution in [0.25, 0.3) is 0 Å². The number of rotatable bonds is 10. The summed E-state index contributed by atoms with van der Waals surface area (Å²) >= 11 is 0. The third-order valence-corrected chi connectivity index (χ3v) is 4.35. The normalized spacial score (nSPS) is 11.2. The highest BCUT2D eigenvalue weighted by Gasteiger charge is 2.13. The molecule has 0 amide bonds. The quantitative estimate of drug-likeness (QED) is 0.288. The Morgan fingerprint density at radius 1 is 1.18 bits per heavy atom. The molecule has 2 aromatic heterocycles. The maximum atomic E-state index is 5.50. The molecule has 0 saturated heterocycles. The van der Waals surface area contributed by atoms with E-state index in [9.17, 15) is 0 Å². The summed E-state index contributed by atoms with van der Waals surface area (Å²) in [5.41, 5.74) is 2.08. The van der Waals surface area contributed by atoms with Crippen molar-refractivity contribution in [3.63, 3.8) is 0 Å². The number of pyridine rings is 1. The van der Waals surface area contributed by atoms with E-state index in [-0.39, 0.29) is 24.0 Å². The number of nitrogens with zero attached hydrogens (tertiary/aromatic N) is 3. The number of aromatic nitrogens is 2. The number of aliphatic imine (C=N–C) groups is 1. The van der Waals surface area contributed by atoms with Crippen molar-refractivity contribution in [2.24, 2.45) is 4.99 Å². The molecule has 2 rings (SSSR count). The van der Waals surface area contributed by atoms with Crippen LogP contribution in [0.5, 0.6) is 5.88 Å². The van der Waals surface area contributed by atoms with Crippen molar-refractivity contribution in [3.05, 3.63) is 41.4 Å². The van der Waals surface area contributed by atoms with Crippen LogP contribution in [-0.2, 0) is 13.1 Å². The molecule has 0 atom stereocenters. The van der Waals surface area contributed by atoms with Gasteiger partial charge in [-0.1, -0.05) is 32.0 Å². The molecule has 0 aromatic carbocycles. The molecule has 0 saturated carbocycles. The predicted molar refractivity (Wildman–Crippen MR) is 122 cm³/mol. The largest absolute Gasteiger partial charge is 0.478 e. The fourth-order valence-electron chi connectivity index (χ4n) is 2.70. The molecule has 0 bridgehead atoms. The van der Waals surface area contributed by atoms with Crippen LogP contribution < -0.4 is 15.4 Å². The summed E-state index contributed by atoms with van der Waals surface area (Å²) in [5.74, 6) is 2.61. The number of halogens is 1. The first-order valence-electron chi connectivity index (χ1n) is 9.67. The van der Waals surface area contributed by atoms with E-state index >= 15 is 0 Å². The van der Waals surface area contributed by atoms with Gasteiger partial charge in [-0.2, -0.15) is 0 Å². The Hall–Kier alpha value is -1.84. The molecule has 0 aliphatic carbocycles. The van der Waals surface area contributed by atoms with Crippen molar-refractivity contribution in [1.29, 1.82) is 0 Å². The third-order valence-electron chi connectivity index (χ3n) is 4.35. The molecule has 0 fully saturated rings. The lowest BCUT2D eigenvalue weighted by Gasteiger charge is -2.11. The third kappa shape index (κ3) is 7.65. The fraction of sp³-hybridized carbons (Fsp3) is 0.550. The molecule has 7 nitrogen and oxygen atoms in total. The number of hydrogen-bond acceptors (Lipinski definition) is 5. The highest BCUT2D eigenvalue weighted by atomic mass is 127. The second-order valence-corrected chi connectivity index (χ2v) is 6.36. The molecule has 0 aliphatic rings. The van der Waals surface area contributed by atoms with Crippen LogP contribution in [0.15, 0.2) is 33.9 Å². The van der Waals surface area contributed by atoms with Crippen molar-refractivity contribution in [3.8, 4) is 5.88 Å². The molecule has 2 aromatic rings. The summed E-state index contributed by atoms with van der Waals surface area (Å²) < 4.78 is 10.9. The predicted octanol–water partition coefficient (Wildman–Crippen LogP) is 4.25. The molecule has 28 heavy (non-hydrogen) atoms. The SMILES string of the molecule is CCCOc1ccc(CNC(=NC)NCc2cc(C(CC)CC)no2)cn1.I. The van der Waals surface area contributed by atoms with Crippen LogP contribution in [-0.4, -0.2) is 29.8 Å². The summed E-state index contributed by atoms with van der Waals surface area (Å²) in [6.07, 6.45) is 4.91. The van der Waals surface area contributed by atoms with E-state index in [2.05, 4.69) is 46.5 Å². The smallest absolute Gasteiger partial charge is 0.213 e. The van der Waals surface area contributed by atoms with Gasteiger partial charge < -0.3 is 19.9 Å². The van der Waals surface area contributed by atoms with E-state index in [0.717, 1.165) is 36.3 Å². The van der Waals surface area contributed by atoms with Crippen LogP contribution in [0.2, 0.25) is 0 Å². The standard InChI is InChI=1S/C20H31N5O2.HI/c1-5-10-26-19-9-8-15(12-22-19)13-23-20(21-4)24-14-17-11-18(25-27-17)16(6-2)7-3;/h8-9,11-12,16H,5-7,10,13-14H2,1-4H3,(H2,21,23,24);1H. The monoisotopic (exact) mass is 501 g/mol. The van der Waals surface area contributed by atoms with Crippen molar-refractivity contribution in [2.45, 2.75) is 59.0 Å². The van der Waals surface area contributed by atoms with Crippen LogP contribution >= 0.6 is 24.0 Å². The molecule has 156 valence electrons. The molecule has 8 heteroatoms. The minimum absolute atomic E-state index is 0. The van der Waals surface area contributed by atoms with Gasteiger partial charge in [0.25, 0.3) is 0 Å². The van der Waals surface area contributed by atoms with Gasteiger partial charge in [0.2, 0.25) is 5.88 Å². The molecule has 0 unspecified atom stereocenters. The lowest BCUT2D eigenvalue weighted by Crippen LogP contribution is -2.36. The van der Waals surface area contributed by atoms with Gasteiger partial charge in [-0.3, -0.25) is 4.99 Å². The zero-order chi connectivity index (χ0) is 19.5. The van der Waals surface area contributed by atoms with Crippen molar-refractivity contribution in [2.75, 3.05) is 13.7 Å². The Kier molecular flexibility index (Phi) is 11.5. The first-order chi connectivity index (χ1) is 13.2. The van der Waals surface area contributed by atoms with Crippen LogP contribution in [0.1, 0.15) is 63.0 Å². The highest BCUT2D eigenvalue weighted by molar-refractivity contribution is 14.0. The summed E-state index contributed by atoms with van der Waals surface area (Å²) in [7, 11) is 1.74. The Morgan fingerprint density at radius 3 is 2.54 bits per heavy atom. The zero-order valence-corrected chi connectivity index (χ0v) is 19.5. The van der Waals surface area contributed by atoms with Gasteiger partial charge in [0.15, 0.2) is 11.7 Å². The zero-order valence-electron chi connectivity index (χ0n) is 17.2. The maximum Gasteiger partial charge on any atom is 0.213 e. The lowest BCUT2D eigenvalue weighted by molar-refractivity contribution is 0.305. The van der Waals surface area contributed by atoms with Crippen molar-refractivity contribution in [1.82, 2.24) is 20.8 Å². The Labute approximate surface area is 184 Å². The van der Waals surface area contributed by atoms with Crippen LogP contribution in [0, 0.1) is 0 Å². The topological polar surface area (TPSA) is 84.6 Å². The number of nitrogens with one attached hydrogen (secondary N) is 2. The maximum absolute atomic E-state index is 5.50. The van der Waals surface area contributed by atoms with Crippen LogP contribution in [0.3, 0.4) is 0 Å². The lowest BCUT2D eigenvalue weighted by atomic mass is 9.99. The van der Waals surface area contributed by atoms with Gasteiger partial charge in [-0.25, -0.2) is 4.98 Å². The second-order valence-electron chi connectivity index (χ2n) is 6.36. The van der Waals surface area contributed by atoms with E-state index < -0.39 is 0 Å². The Morgan fingerprint density at radius 2 is 1.93 bits per heavy atom. The average Bonchev–Trinajstić information content (AvgIpc) is 3.17. The van der Waals surface area contributed by atoms with Crippen molar-refractivity contribution < 1.29 is 9.26 Å². The van der Waals surface area contributed by atoms with Crippen molar-refractivity contribution >= 4 is 29.9 Å². The van der Waals surface area contributed by atoms with Gasteiger partial charge in [0.05, 0.1) is 18.8 Å². The molecule has 0 spiro atoms. The molecule has 2 heterocycles. The van der Waals surface area contributed by atoms with Gasteiger partial charge >= 0.3 is 0 Å². The van der Waals surface area contributed by atoms with Gasteiger partial charge in [-0.15, -0.1) is 24.0 Å². The summed E-state index contributed by atoms with van der Waals surface area (Å²) in [5, 5.41) is 10.7. The molecule has 0 aliphatic heterocycles. The Bertz CT molecular complexity index is 699.